The lowest BCUT2D eigenvalue weighted by molar-refractivity contribution is 0.317. The fourth-order valence-corrected chi connectivity index (χ4v) is 1.61. The molecule has 0 aliphatic heterocycles. The van der Waals surface area contributed by atoms with E-state index < -0.39 is 11.6 Å². The quantitative estimate of drug-likeness (QED) is 0.739. The van der Waals surface area contributed by atoms with Crippen LogP contribution >= 0.6 is 0 Å². The predicted octanol–water partition coefficient (Wildman–Crippen LogP) is 2.40. The molecular formula is C13H20F2N2. The number of hydrogen-bond donors (Lipinski definition) is 1. The summed E-state index contributed by atoms with van der Waals surface area (Å²) in [6.45, 7) is 5.20. The van der Waals surface area contributed by atoms with E-state index >= 15 is 0 Å². The van der Waals surface area contributed by atoms with Crippen molar-refractivity contribution in [2.24, 2.45) is 0 Å². The molecule has 0 spiro atoms. The molecule has 0 heterocycles. The van der Waals surface area contributed by atoms with Crippen molar-refractivity contribution < 1.29 is 8.78 Å². The third kappa shape index (κ3) is 4.79. The van der Waals surface area contributed by atoms with Crippen LogP contribution in [0.15, 0.2) is 18.2 Å². The van der Waals surface area contributed by atoms with Crippen LogP contribution in [0.5, 0.6) is 0 Å². The Kier molecular flexibility index (Phi) is 6.08. The molecule has 0 radical (unpaired) electrons. The maximum Gasteiger partial charge on any atom is 0.163 e. The first-order valence-electron chi connectivity index (χ1n) is 5.97. The molecule has 96 valence electrons. The second-order valence-electron chi connectivity index (χ2n) is 4.20. The van der Waals surface area contributed by atoms with Gasteiger partial charge < -0.3 is 10.2 Å². The van der Waals surface area contributed by atoms with Gasteiger partial charge in [0.05, 0.1) is 0 Å². The summed E-state index contributed by atoms with van der Waals surface area (Å²) in [7, 11) is 1.90. The first-order valence-corrected chi connectivity index (χ1v) is 5.97. The van der Waals surface area contributed by atoms with Crippen LogP contribution in [0.25, 0.3) is 0 Å². The fourth-order valence-electron chi connectivity index (χ4n) is 1.61. The number of benzene rings is 1. The highest BCUT2D eigenvalue weighted by Gasteiger charge is 2.09. The van der Waals surface area contributed by atoms with E-state index in [9.17, 15) is 8.78 Å². The van der Waals surface area contributed by atoms with Crippen molar-refractivity contribution >= 4 is 0 Å². The van der Waals surface area contributed by atoms with E-state index in [0.717, 1.165) is 32.1 Å². The SMILES string of the molecule is CCCNCCN(C)Cc1cccc(F)c1F. The van der Waals surface area contributed by atoms with Gasteiger partial charge in [0.2, 0.25) is 0 Å². The van der Waals surface area contributed by atoms with Crippen molar-refractivity contribution in [3.05, 3.63) is 35.4 Å². The molecule has 0 unspecified atom stereocenters. The molecule has 0 bridgehead atoms. The molecule has 0 fully saturated rings. The summed E-state index contributed by atoms with van der Waals surface area (Å²) in [4.78, 5) is 1.97. The Bertz CT molecular complexity index is 342. The van der Waals surface area contributed by atoms with E-state index in [4.69, 9.17) is 0 Å². The number of halogens is 2. The molecule has 4 heteroatoms. The number of nitrogens with zero attached hydrogens (tertiary/aromatic N) is 1. The van der Waals surface area contributed by atoms with Gasteiger partial charge in [-0.25, -0.2) is 8.78 Å². The largest absolute Gasteiger partial charge is 0.315 e. The van der Waals surface area contributed by atoms with Gasteiger partial charge in [-0.3, -0.25) is 0 Å². The number of likely N-dealkylation sites (N-methyl/N-ethyl adjacent to an activating group) is 1. The molecule has 0 saturated carbocycles. The minimum atomic E-state index is -0.778. The van der Waals surface area contributed by atoms with Crippen LogP contribution in [0, 0.1) is 11.6 Å². The minimum Gasteiger partial charge on any atom is -0.315 e. The molecule has 17 heavy (non-hydrogen) atoms. The van der Waals surface area contributed by atoms with Crippen LogP contribution in [0.3, 0.4) is 0 Å². The highest BCUT2D eigenvalue weighted by Crippen LogP contribution is 2.12. The molecular weight excluding hydrogens is 222 g/mol. The van der Waals surface area contributed by atoms with Gasteiger partial charge in [0.15, 0.2) is 11.6 Å². The number of rotatable bonds is 7. The van der Waals surface area contributed by atoms with Gasteiger partial charge in [0, 0.05) is 25.2 Å². The van der Waals surface area contributed by atoms with Crippen LogP contribution in [0.2, 0.25) is 0 Å². The Morgan fingerprint density at radius 2 is 2.00 bits per heavy atom. The average molecular weight is 242 g/mol. The van der Waals surface area contributed by atoms with Crippen LogP contribution < -0.4 is 5.32 Å². The molecule has 0 amide bonds. The van der Waals surface area contributed by atoms with E-state index in [2.05, 4.69) is 12.2 Å². The van der Waals surface area contributed by atoms with E-state index in [1.807, 2.05) is 11.9 Å². The standard InChI is InChI=1S/C13H20F2N2/c1-3-7-16-8-9-17(2)10-11-5-4-6-12(14)13(11)15/h4-6,16H,3,7-10H2,1-2H3. The van der Waals surface area contributed by atoms with Crippen molar-refractivity contribution in [1.29, 1.82) is 0 Å². The van der Waals surface area contributed by atoms with Gasteiger partial charge in [-0.2, -0.15) is 0 Å². The summed E-state index contributed by atoms with van der Waals surface area (Å²) in [6.07, 6.45) is 1.10. The second kappa shape index (κ2) is 7.35. The molecule has 1 aromatic rings. The molecule has 1 N–H and O–H groups in total. The van der Waals surface area contributed by atoms with Gasteiger partial charge in [0.25, 0.3) is 0 Å². The topological polar surface area (TPSA) is 15.3 Å². The average Bonchev–Trinajstić information content (AvgIpc) is 2.31. The maximum atomic E-state index is 13.4. The van der Waals surface area contributed by atoms with Crippen molar-refractivity contribution in [1.82, 2.24) is 10.2 Å². The van der Waals surface area contributed by atoms with Crippen molar-refractivity contribution in [3.63, 3.8) is 0 Å². The predicted molar refractivity (Wildman–Crippen MR) is 65.9 cm³/mol. The van der Waals surface area contributed by atoms with Crippen molar-refractivity contribution in [2.75, 3.05) is 26.7 Å². The molecule has 0 atom stereocenters. The zero-order chi connectivity index (χ0) is 12.7. The molecule has 1 aromatic carbocycles. The zero-order valence-corrected chi connectivity index (χ0v) is 10.5. The third-order valence-corrected chi connectivity index (χ3v) is 2.57. The zero-order valence-electron chi connectivity index (χ0n) is 10.5. The lowest BCUT2D eigenvalue weighted by atomic mass is 10.2. The summed E-state index contributed by atoms with van der Waals surface area (Å²) >= 11 is 0. The lowest BCUT2D eigenvalue weighted by Crippen LogP contribution is -2.29. The number of nitrogens with one attached hydrogen (secondary N) is 1. The summed E-state index contributed by atoms with van der Waals surface area (Å²) in [5.74, 6) is -1.51. The van der Waals surface area contributed by atoms with E-state index in [-0.39, 0.29) is 0 Å². The lowest BCUT2D eigenvalue weighted by Gasteiger charge is -2.17. The molecule has 0 aromatic heterocycles. The Balaban J connectivity index is 2.39. The van der Waals surface area contributed by atoms with E-state index in [1.54, 1.807) is 6.07 Å². The van der Waals surface area contributed by atoms with Gasteiger partial charge in [0.1, 0.15) is 0 Å². The Labute approximate surface area is 102 Å². The summed E-state index contributed by atoms with van der Waals surface area (Å²) in [5.41, 5.74) is 0.406. The first-order chi connectivity index (χ1) is 8.15. The molecule has 0 aliphatic rings. The molecule has 0 saturated heterocycles. The summed E-state index contributed by atoms with van der Waals surface area (Å²) < 4.78 is 26.4. The highest BCUT2D eigenvalue weighted by atomic mass is 19.2. The van der Waals surface area contributed by atoms with Crippen LogP contribution in [-0.4, -0.2) is 31.6 Å². The second-order valence-corrected chi connectivity index (χ2v) is 4.20. The maximum absolute atomic E-state index is 13.4. The number of hydrogen-bond acceptors (Lipinski definition) is 2. The smallest absolute Gasteiger partial charge is 0.163 e. The van der Waals surface area contributed by atoms with Crippen LogP contribution in [0.1, 0.15) is 18.9 Å². The van der Waals surface area contributed by atoms with Gasteiger partial charge >= 0.3 is 0 Å². The summed E-state index contributed by atoms with van der Waals surface area (Å²) in [6, 6.07) is 4.30. The Morgan fingerprint density at radius 1 is 1.24 bits per heavy atom. The molecule has 1 rings (SSSR count). The third-order valence-electron chi connectivity index (χ3n) is 2.57. The summed E-state index contributed by atoms with van der Waals surface area (Å²) in [5, 5.41) is 3.27. The molecule has 0 aliphatic carbocycles. The highest BCUT2D eigenvalue weighted by molar-refractivity contribution is 5.18. The minimum absolute atomic E-state index is 0.406. The van der Waals surface area contributed by atoms with Crippen LogP contribution in [-0.2, 0) is 6.54 Å². The van der Waals surface area contributed by atoms with E-state index in [1.165, 1.54) is 6.07 Å². The Hall–Kier alpha value is -1.00. The van der Waals surface area contributed by atoms with Crippen LogP contribution in [0.4, 0.5) is 8.78 Å². The van der Waals surface area contributed by atoms with E-state index in [0.29, 0.717) is 12.1 Å². The normalized spacial score (nSPS) is 11.1. The first kappa shape index (κ1) is 14.1. The van der Waals surface area contributed by atoms with Crippen molar-refractivity contribution in [2.45, 2.75) is 19.9 Å². The molecule has 2 nitrogen and oxygen atoms in total. The fraction of sp³-hybridized carbons (Fsp3) is 0.538. The van der Waals surface area contributed by atoms with Crippen molar-refractivity contribution in [3.8, 4) is 0 Å². The monoisotopic (exact) mass is 242 g/mol. The van der Waals surface area contributed by atoms with Gasteiger partial charge in [-0.15, -0.1) is 0 Å². The van der Waals surface area contributed by atoms with Gasteiger partial charge in [-0.05, 0) is 26.1 Å². The van der Waals surface area contributed by atoms with Gasteiger partial charge in [-0.1, -0.05) is 19.1 Å². The Morgan fingerprint density at radius 3 is 2.71 bits per heavy atom.